The Morgan fingerprint density at radius 1 is 1.29 bits per heavy atom. The van der Waals surface area contributed by atoms with Crippen molar-refractivity contribution in [1.82, 2.24) is 0 Å². The summed E-state index contributed by atoms with van der Waals surface area (Å²) >= 11 is 0. The quantitative estimate of drug-likeness (QED) is 0.688. The summed E-state index contributed by atoms with van der Waals surface area (Å²) in [7, 11) is -1.75. The first-order valence-corrected chi connectivity index (χ1v) is 8.90. The van der Waals surface area contributed by atoms with E-state index in [1.54, 1.807) is 6.08 Å². The normalized spacial score (nSPS) is 31.4. The zero-order valence-electron chi connectivity index (χ0n) is 9.05. The van der Waals surface area contributed by atoms with Gasteiger partial charge in [-0.2, -0.15) is 0 Å². The lowest BCUT2D eigenvalue weighted by Gasteiger charge is -2.16. The second-order valence-electron chi connectivity index (χ2n) is 4.25. The van der Waals surface area contributed by atoms with Crippen molar-refractivity contribution < 1.29 is 16.8 Å². The Balaban J connectivity index is 2.56. The van der Waals surface area contributed by atoms with Crippen molar-refractivity contribution in [3.05, 3.63) is 34.8 Å². The van der Waals surface area contributed by atoms with Gasteiger partial charge in [-0.25, -0.2) is 16.8 Å². The minimum atomic E-state index is -3.84. The van der Waals surface area contributed by atoms with E-state index < -0.39 is 23.6 Å². The van der Waals surface area contributed by atoms with Crippen LogP contribution in [0.4, 0.5) is 0 Å². The second-order valence-corrected chi connectivity index (χ2v) is 9.30. The molecule has 1 unspecified atom stereocenters. The van der Waals surface area contributed by atoms with E-state index in [-0.39, 0.29) is 10.7 Å². The van der Waals surface area contributed by atoms with E-state index in [1.807, 2.05) is 0 Å². The lowest BCUT2D eigenvalue weighted by molar-refractivity contribution is 0.594. The molecule has 2 aliphatic rings. The fourth-order valence-corrected chi connectivity index (χ4v) is 4.10. The molecule has 0 aromatic rings. The summed E-state index contributed by atoms with van der Waals surface area (Å²) < 4.78 is 44.9. The largest absolute Gasteiger partial charge is 0.245 e. The minimum absolute atomic E-state index is 0.0800. The second kappa shape index (κ2) is 3.70. The van der Waals surface area contributed by atoms with Crippen LogP contribution < -0.4 is 0 Å². The fourth-order valence-electron chi connectivity index (χ4n) is 1.78. The number of hydrogen-bond donors (Lipinski definition) is 0. The van der Waals surface area contributed by atoms with Gasteiger partial charge in [-0.3, -0.25) is 0 Å². The first-order valence-electron chi connectivity index (χ1n) is 4.94. The maximum Gasteiger partial charge on any atom is 0.245 e. The smallest absolute Gasteiger partial charge is 0.224 e. The van der Waals surface area contributed by atoms with Gasteiger partial charge in [0.15, 0.2) is 9.84 Å². The molecule has 0 aromatic heterocycles. The molecule has 94 valence electrons. The van der Waals surface area contributed by atoms with Crippen molar-refractivity contribution in [2.75, 3.05) is 5.75 Å². The molecule has 1 aliphatic carbocycles. The molecule has 0 spiro atoms. The predicted molar refractivity (Wildman–Crippen MR) is 66.9 cm³/mol. The summed E-state index contributed by atoms with van der Waals surface area (Å²) in [6.45, 7) is 1.43. The summed E-state index contributed by atoms with van der Waals surface area (Å²) in [5.74, 6) is 0.0800. The molecule has 1 aliphatic heterocycles. The molecule has 17 heavy (non-hydrogen) atoms. The maximum absolute atomic E-state index is 11.7. The van der Waals surface area contributed by atoms with Crippen LogP contribution in [0, 0.1) is 0 Å². The van der Waals surface area contributed by atoms with Crippen LogP contribution in [0.5, 0.6) is 0 Å². The highest BCUT2D eigenvalue weighted by molar-refractivity contribution is 8.15. The van der Waals surface area contributed by atoms with E-state index in [1.165, 1.54) is 25.2 Å². The Kier molecular flexibility index (Phi) is 2.80. The van der Waals surface area contributed by atoms with Gasteiger partial charge in [-0.05, 0) is 25.0 Å². The molecular weight excluding hydrogens is 284 g/mol. The number of halogens is 1. The molecule has 0 fully saturated rings. The molecule has 7 heteroatoms. The summed E-state index contributed by atoms with van der Waals surface area (Å²) in [6.07, 6.45) is 6.04. The summed E-state index contributed by atoms with van der Waals surface area (Å²) in [6, 6.07) is 0. The molecule has 4 nitrogen and oxygen atoms in total. The van der Waals surface area contributed by atoms with E-state index in [0.717, 1.165) is 0 Å². The molecule has 0 amide bonds. The third kappa shape index (κ3) is 2.09. The van der Waals surface area contributed by atoms with Gasteiger partial charge in [0, 0.05) is 10.7 Å². The Labute approximate surface area is 105 Å². The van der Waals surface area contributed by atoms with Gasteiger partial charge in [0.1, 0.15) is 4.75 Å². The van der Waals surface area contributed by atoms with Crippen LogP contribution in [0.15, 0.2) is 34.8 Å². The highest BCUT2D eigenvalue weighted by Crippen LogP contribution is 2.34. The zero-order chi connectivity index (χ0) is 12.9. The van der Waals surface area contributed by atoms with E-state index in [4.69, 9.17) is 10.7 Å². The van der Waals surface area contributed by atoms with Crippen molar-refractivity contribution in [1.29, 1.82) is 0 Å². The van der Waals surface area contributed by atoms with Crippen molar-refractivity contribution in [3.8, 4) is 0 Å². The molecule has 0 N–H and O–H groups in total. The van der Waals surface area contributed by atoms with Gasteiger partial charge in [0.05, 0.1) is 10.7 Å². The van der Waals surface area contributed by atoms with Gasteiger partial charge in [0.2, 0.25) is 9.05 Å². The number of hydrogen-bond acceptors (Lipinski definition) is 4. The van der Waals surface area contributed by atoms with E-state index >= 15 is 0 Å². The molecule has 0 saturated carbocycles. The first kappa shape index (κ1) is 12.9. The number of rotatable bonds is 1. The molecule has 0 bridgehead atoms. The Morgan fingerprint density at radius 3 is 2.47 bits per heavy atom. The molecule has 0 saturated heterocycles. The molecule has 1 heterocycles. The molecular formula is C10H11ClO4S2. The number of sulfone groups is 1. The topological polar surface area (TPSA) is 68.3 Å². The van der Waals surface area contributed by atoms with Gasteiger partial charge in [0.25, 0.3) is 0 Å². The third-order valence-corrected chi connectivity index (χ3v) is 7.13. The summed E-state index contributed by atoms with van der Waals surface area (Å²) in [5, 5.41) is 0. The van der Waals surface area contributed by atoms with Crippen LogP contribution in [0.25, 0.3) is 0 Å². The lowest BCUT2D eigenvalue weighted by atomic mass is 10.1. The molecule has 0 radical (unpaired) electrons. The van der Waals surface area contributed by atoms with Crippen molar-refractivity contribution in [3.63, 3.8) is 0 Å². The minimum Gasteiger partial charge on any atom is -0.224 e. The van der Waals surface area contributed by atoms with Crippen molar-refractivity contribution in [2.45, 2.75) is 18.1 Å². The first-order chi connectivity index (χ1) is 7.66. The van der Waals surface area contributed by atoms with E-state index in [2.05, 4.69) is 0 Å². The molecule has 1 atom stereocenters. The maximum atomic E-state index is 11.7. The molecule has 2 rings (SSSR count). The standard InChI is InChI=1S/C10H11ClO4S2/c1-10(17(11,14)15)5-2-8-4-7-16(12,13)9(8)3-6-10/h2-3,5-6H,4,7H2,1H3. The average molecular weight is 295 g/mol. The monoisotopic (exact) mass is 294 g/mol. The van der Waals surface area contributed by atoms with E-state index in [9.17, 15) is 16.8 Å². The summed E-state index contributed by atoms with van der Waals surface area (Å²) in [5.41, 5.74) is 0.644. The van der Waals surface area contributed by atoms with Gasteiger partial charge < -0.3 is 0 Å². The zero-order valence-corrected chi connectivity index (χ0v) is 11.4. The van der Waals surface area contributed by atoms with Crippen LogP contribution in [-0.2, 0) is 18.9 Å². The highest BCUT2D eigenvalue weighted by atomic mass is 35.7. The lowest BCUT2D eigenvalue weighted by Crippen LogP contribution is -2.26. The van der Waals surface area contributed by atoms with Gasteiger partial charge >= 0.3 is 0 Å². The highest BCUT2D eigenvalue weighted by Gasteiger charge is 2.36. The van der Waals surface area contributed by atoms with Crippen LogP contribution in [0.1, 0.15) is 13.3 Å². The van der Waals surface area contributed by atoms with Crippen LogP contribution >= 0.6 is 10.7 Å². The van der Waals surface area contributed by atoms with Crippen LogP contribution in [-0.4, -0.2) is 27.3 Å². The van der Waals surface area contributed by atoms with Crippen LogP contribution in [0.2, 0.25) is 0 Å². The average Bonchev–Trinajstić information content (AvgIpc) is 2.36. The summed E-state index contributed by atoms with van der Waals surface area (Å²) in [4.78, 5) is 0.206. The van der Waals surface area contributed by atoms with Gasteiger partial charge in [-0.15, -0.1) is 0 Å². The van der Waals surface area contributed by atoms with Crippen molar-refractivity contribution in [2.24, 2.45) is 0 Å². The Bertz CT molecular complexity index is 652. The van der Waals surface area contributed by atoms with E-state index in [0.29, 0.717) is 12.0 Å². The van der Waals surface area contributed by atoms with Gasteiger partial charge in [-0.1, -0.05) is 18.2 Å². The third-order valence-electron chi connectivity index (χ3n) is 3.00. The predicted octanol–water partition coefficient (Wildman–Crippen LogP) is 1.51. The molecule has 0 aromatic carbocycles. The number of allylic oxidation sites excluding steroid dienone is 3. The van der Waals surface area contributed by atoms with Crippen molar-refractivity contribution >= 4 is 29.6 Å². The Hall–Kier alpha value is -0.590. The van der Waals surface area contributed by atoms with Crippen LogP contribution in [0.3, 0.4) is 0 Å². The SMILES string of the molecule is CC1(S(=O)(=O)Cl)C=CC2=C(C=C1)S(=O)(=O)CC2. The fraction of sp³-hybridized carbons (Fsp3) is 0.400. The Morgan fingerprint density at radius 2 is 1.88 bits per heavy atom.